The number of nitrogens with zero attached hydrogens (tertiary/aromatic N) is 2. The van der Waals surface area contributed by atoms with E-state index in [1.165, 1.54) is 27.6 Å². The first-order valence-corrected chi connectivity index (χ1v) is 7.05. The molecule has 0 amide bonds. The number of fused-ring (bicyclic) bond motifs is 1. The van der Waals surface area contributed by atoms with E-state index in [2.05, 4.69) is 61.1 Å². The van der Waals surface area contributed by atoms with E-state index in [9.17, 15) is 0 Å². The summed E-state index contributed by atoms with van der Waals surface area (Å²) in [5, 5.41) is 4.92. The van der Waals surface area contributed by atoms with Crippen LogP contribution in [0.5, 0.6) is 0 Å². The first-order valence-electron chi connectivity index (χ1n) is 7.05. The van der Waals surface area contributed by atoms with Crippen LogP contribution in [0.4, 0.5) is 0 Å². The molecule has 0 aliphatic carbocycles. The average Bonchev–Trinajstić information content (AvgIpc) is 2.72. The van der Waals surface area contributed by atoms with E-state index in [1.807, 2.05) is 0 Å². The molecule has 2 heterocycles. The molecular formula is C16H23N3. The quantitative estimate of drug-likeness (QED) is 0.846. The minimum atomic E-state index is 0.486. The lowest BCUT2D eigenvalue weighted by atomic mass is 10.00. The molecule has 0 spiro atoms. The van der Waals surface area contributed by atoms with Crippen molar-refractivity contribution >= 4 is 10.9 Å². The predicted octanol–water partition coefficient (Wildman–Crippen LogP) is 2.37. The topological polar surface area (TPSA) is 20.2 Å². The van der Waals surface area contributed by atoms with Crippen LogP contribution in [0.3, 0.4) is 0 Å². The van der Waals surface area contributed by atoms with Crippen LogP contribution in [0.15, 0.2) is 18.3 Å². The maximum atomic E-state index is 3.51. The maximum Gasteiger partial charge on any atom is 0.0513 e. The van der Waals surface area contributed by atoms with Crippen LogP contribution < -0.4 is 5.32 Å². The molecule has 0 radical (unpaired) electrons. The monoisotopic (exact) mass is 257 g/mol. The van der Waals surface area contributed by atoms with Gasteiger partial charge in [-0.1, -0.05) is 12.1 Å². The molecule has 0 bridgehead atoms. The number of nitrogens with one attached hydrogen (secondary N) is 1. The van der Waals surface area contributed by atoms with Gasteiger partial charge in [-0.05, 0) is 37.6 Å². The van der Waals surface area contributed by atoms with Gasteiger partial charge in [0.1, 0.15) is 0 Å². The molecule has 1 aliphatic heterocycles. The van der Waals surface area contributed by atoms with Crippen LogP contribution in [-0.4, -0.2) is 36.1 Å². The van der Waals surface area contributed by atoms with Crippen LogP contribution in [0.25, 0.3) is 10.9 Å². The second kappa shape index (κ2) is 4.66. The zero-order valence-corrected chi connectivity index (χ0v) is 12.3. The number of hydrogen-bond acceptors (Lipinski definition) is 2. The zero-order valence-electron chi connectivity index (χ0n) is 12.3. The maximum absolute atomic E-state index is 3.51. The van der Waals surface area contributed by atoms with Crippen molar-refractivity contribution in [1.29, 1.82) is 0 Å². The SMILES string of the molecule is Cc1ccc2c(C3CNCCN3C)cn(C)c2c1C. The fourth-order valence-electron chi connectivity index (χ4n) is 3.25. The van der Waals surface area contributed by atoms with E-state index in [-0.39, 0.29) is 0 Å². The molecule has 1 fully saturated rings. The highest BCUT2D eigenvalue weighted by molar-refractivity contribution is 5.88. The van der Waals surface area contributed by atoms with Gasteiger partial charge in [-0.25, -0.2) is 0 Å². The highest BCUT2D eigenvalue weighted by Gasteiger charge is 2.24. The Labute approximate surface area is 115 Å². The number of aryl methyl sites for hydroxylation is 3. The van der Waals surface area contributed by atoms with E-state index >= 15 is 0 Å². The lowest BCUT2D eigenvalue weighted by Crippen LogP contribution is -2.43. The van der Waals surface area contributed by atoms with Crippen LogP contribution in [0.2, 0.25) is 0 Å². The van der Waals surface area contributed by atoms with Crippen molar-refractivity contribution in [3.8, 4) is 0 Å². The third-order valence-corrected chi connectivity index (χ3v) is 4.57. The summed E-state index contributed by atoms with van der Waals surface area (Å²) in [5.41, 5.74) is 5.61. The lowest BCUT2D eigenvalue weighted by molar-refractivity contribution is 0.203. The number of aromatic nitrogens is 1. The molecule has 102 valence electrons. The molecule has 1 saturated heterocycles. The Kier molecular flexibility index (Phi) is 3.11. The molecule has 3 heteroatoms. The Bertz CT molecular complexity index is 612. The minimum Gasteiger partial charge on any atom is -0.350 e. The second-order valence-corrected chi connectivity index (χ2v) is 5.80. The summed E-state index contributed by atoms with van der Waals surface area (Å²) in [5.74, 6) is 0. The van der Waals surface area contributed by atoms with Gasteiger partial charge in [0.25, 0.3) is 0 Å². The highest BCUT2D eigenvalue weighted by atomic mass is 15.2. The van der Waals surface area contributed by atoms with Crippen LogP contribution in [-0.2, 0) is 7.05 Å². The lowest BCUT2D eigenvalue weighted by Gasteiger charge is -2.33. The Balaban J connectivity index is 2.17. The number of benzene rings is 1. The Morgan fingerprint density at radius 1 is 1.21 bits per heavy atom. The molecule has 1 N–H and O–H groups in total. The van der Waals surface area contributed by atoms with Crippen molar-refractivity contribution in [2.75, 3.05) is 26.7 Å². The third-order valence-electron chi connectivity index (χ3n) is 4.57. The summed E-state index contributed by atoms with van der Waals surface area (Å²) < 4.78 is 2.29. The van der Waals surface area contributed by atoms with Gasteiger partial charge in [0, 0.05) is 44.3 Å². The summed E-state index contributed by atoms with van der Waals surface area (Å²) in [6, 6.07) is 5.02. The normalized spacial score (nSPS) is 21.2. The third kappa shape index (κ3) is 1.97. The van der Waals surface area contributed by atoms with Crippen molar-refractivity contribution in [2.45, 2.75) is 19.9 Å². The zero-order chi connectivity index (χ0) is 13.6. The molecule has 1 atom stereocenters. The minimum absolute atomic E-state index is 0.486. The fraction of sp³-hybridized carbons (Fsp3) is 0.500. The summed E-state index contributed by atoms with van der Waals surface area (Å²) in [6.07, 6.45) is 2.31. The number of piperazine rings is 1. The Hall–Kier alpha value is -1.32. The van der Waals surface area contributed by atoms with E-state index < -0.39 is 0 Å². The first-order chi connectivity index (χ1) is 9.09. The predicted molar refractivity (Wildman–Crippen MR) is 80.6 cm³/mol. The van der Waals surface area contributed by atoms with Gasteiger partial charge in [0.15, 0.2) is 0 Å². The van der Waals surface area contributed by atoms with Crippen LogP contribution in [0, 0.1) is 13.8 Å². The highest BCUT2D eigenvalue weighted by Crippen LogP contribution is 2.32. The number of rotatable bonds is 1. The van der Waals surface area contributed by atoms with Crippen LogP contribution >= 0.6 is 0 Å². The van der Waals surface area contributed by atoms with Crippen LogP contribution in [0.1, 0.15) is 22.7 Å². The Morgan fingerprint density at radius 3 is 2.74 bits per heavy atom. The van der Waals surface area contributed by atoms with Crippen molar-refractivity contribution in [3.63, 3.8) is 0 Å². The molecular weight excluding hydrogens is 234 g/mol. The molecule has 2 aromatic rings. The van der Waals surface area contributed by atoms with Gasteiger partial charge in [-0.3, -0.25) is 4.90 Å². The summed E-state index contributed by atoms with van der Waals surface area (Å²) in [6.45, 7) is 7.67. The van der Waals surface area contributed by atoms with E-state index in [0.717, 1.165) is 19.6 Å². The molecule has 19 heavy (non-hydrogen) atoms. The molecule has 3 nitrogen and oxygen atoms in total. The molecule has 1 aliphatic rings. The van der Waals surface area contributed by atoms with Crippen molar-refractivity contribution in [2.24, 2.45) is 7.05 Å². The average molecular weight is 257 g/mol. The van der Waals surface area contributed by atoms with Crippen molar-refractivity contribution in [3.05, 3.63) is 35.0 Å². The van der Waals surface area contributed by atoms with Gasteiger partial charge < -0.3 is 9.88 Å². The van der Waals surface area contributed by atoms with Gasteiger partial charge in [-0.15, -0.1) is 0 Å². The van der Waals surface area contributed by atoms with Gasteiger partial charge in [0.05, 0.1) is 5.52 Å². The second-order valence-electron chi connectivity index (χ2n) is 5.80. The van der Waals surface area contributed by atoms with Crippen molar-refractivity contribution < 1.29 is 0 Å². The largest absolute Gasteiger partial charge is 0.350 e. The van der Waals surface area contributed by atoms with Crippen molar-refractivity contribution in [1.82, 2.24) is 14.8 Å². The standard InChI is InChI=1S/C16H23N3/c1-11-5-6-13-14(10-19(4)16(13)12(11)2)15-9-17-7-8-18(15)3/h5-6,10,15,17H,7-9H2,1-4H3. The Morgan fingerprint density at radius 2 is 2.00 bits per heavy atom. The van der Waals surface area contributed by atoms with E-state index in [1.54, 1.807) is 0 Å². The summed E-state index contributed by atoms with van der Waals surface area (Å²) in [7, 11) is 4.39. The smallest absolute Gasteiger partial charge is 0.0513 e. The van der Waals surface area contributed by atoms with Gasteiger partial charge in [0.2, 0.25) is 0 Å². The molecule has 0 saturated carbocycles. The summed E-state index contributed by atoms with van der Waals surface area (Å²) >= 11 is 0. The molecule has 3 rings (SSSR count). The summed E-state index contributed by atoms with van der Waals surface area (Å²) in [4.78, 5) is 2.46. The molecule has 1 unspecified atom stereocenters. The fourth-order valence-corrected chi connectivity index (χ4v) is 3.25. The van der Waals surface area contributed by atoms with E-state index in [4.69, 9.17) is 0 Å². The molecule has 1 aromatic carbocycles. The number of hydrogen-bond donors (Lipinski definition) is 1. The molecule has 1 aromatic heterocycles. The first kappa shape index (κ1) is 12.7. The van der Waals surface area contributed by atoms with Gasteiger partial charge >= 0.3 is 0 Å². The van der Waals surface area contributed by atoms with Gasteiger partial charge in [-0.2, -0.15) is 0 Å². The van der Waals surface area contributed by atoms with E-state index in [0.29, 0.717) is 6.04 Å². The number of likely N-dealkylation sites (N-methyl/N-ethyl adjacent to an activating group) is 1.